The van der Waals surface area contributed by atoms with Crippen LogP contribution in [0.3, 0.4) is 0 Å². The summed E-state index contributed by atoms with van der Waals surface area (Å²) in [4.78, 5) is 2.43. The molecule has 1 aliphatic rings. The van der Waals surface area contributed by atoms with Gasteiger partial charge in [0.05, 0.1) is 6.61 Å². The molecule has 1 saturated heterocycles. The number of benzene rings is 1. The lowest BCUT2D eigenvalue weighted by Gasteiger charge is -2.35. The quantitative estimate of drug-likeness (QED) is 0.906. The van der Waals surface area contributed by atoms with Gasteiger partial charge in [0.1, 0.15) is 18.5 Å². The van der Waals surface area contributed by atoms with Crippen LogP contribution in [0.5, 0.6) is 5.75 Å². The van der Waals surface area contributed by atoms with Crippen molar-refractivity contribution in [2.45, 2.75) is 45.9 Å². The summed E-state index contributed by atoms with van der Waals surface area (Å²) in [5.41, 5.74) is 8.30. The van der Waals surface area contributed by atoms with Gasteiger partial charge in [0, 0.05) is 30.7 Å². The van der Waals surface area contributed by atoms with E-state index in [1.165, 1.54) is 5.56 Å². The highest BCUT2D eigenvalue weighted by atomic mass is 16.5. The molecule has 0 saturated carbocycles. The van der Waals surface area contributed by atoms with Crippen molar-refractivity contribution >= 4 is 0 Å². The van der Waals surface area contributed by atoms with E-state index < -0.39 is 0 Å². The molecule has 2 N–H and O–H groups in total. The normalized spacial score (nSPS) is 21.5. The van der Waals surface area contributed by atoms with Crippen molar-refractivity contribution < 1.29 is 9.47 Å². The molecule has 0 amide bonds. The number of ether oxygens (including phenoxy) is 2. The van der Waals surface area contributed by atoms with Gasteiger partial charge in [-0.05, 0) is 33.8 Å². The molecule has 118 valence electrons. The van der Waals surface area contributed by atoms with Crippen LogP contribution in [-0.4, -0.2) is 43.3 Å². The Morgan fingerprint density at radius 1 is 1.38 bits per heavy atom. The number of nitrogens with zero attached hydrogens (tertiary/aromatic N) is 1. The highest BCUT2D eigenvalue weighted by Gasteiger charge is 2.23. The average molecular weight is 292 g/mol. The molecule has 1 fully saturated rings. The fourth-order valence-electron chi connectivity index (χ4n) is 2.65. The van der Waals surface area contributed by atoms with Crippen molar-refractivity contribution in [2.24, 2.45) is 5.73 Å². The summed E-state index contributed by atoms with van der Waals surface area (Å²) in [6.45, 7) is 11.8. The molecule has 0 radical (unpaired) electrons. The van der Waals surface area contributed by atoms with Gasteiger partial charge in [0.15, 0.2) is 0 Å². The Hall–Kier alpha value is -1.10. The van der Waals surface area contributed by atoms with Gasteiger partial charge in [-0.25, -0.2) is 0 Å². The first-order valence-corrected chi connectivity index (χ1v) is 7.82. The smallest absolute Gasteiger partial charge is 0.124 e. The molecule has 1 aliphatic heterocycles. The summed E-state index contributed by atoms with van der Waals surface area (Å²) >= 11 is 0. The zero-order valence-corrected chi connectivity index (χ0v) is 13.6. The van der Waals surface area contributed by atoms with Gasteiger partial charge in [-0.2, -0.15) is 0 Å². The van der Waals surface area contributed by atoms with Crippen LogP contribution >= 0.6 is 0 Å². The minimum Gasteiger partial charge on any atom is -0.490 e. The van der Waals surface area contributed by atoms with Crippen LogP contribution in [0.2, 0.25) is 0 Å². The summed E-state index contributed by atoms with van der Waals surface area (Å²) in [5.74, 6) is 0.876. The van der Waals surface area contributed by atoms with Crippen molar-refractivity contribution in [2.75, 3.05) is 26.3 Å². The average Bonchev–Trinajstić information content (AvgIpc) is 2.46. The van der Waals surface area contributed by atoms with Crippen molar-refractivity contribution in [3.05, 3.63) is 29.3 Å². The van der Waals surface area contributed by atoms with E-state index in [-0.39, 0.29) is 12.1 Å². The minimum absolute atomic E-state index is 0.0284. The molecule has 1 aromatic carbocycles. The van der Waals surface area contributed by atoms with Crippen molar-refractivity contribution in [1.82, 2.24) is 4.90 Å². The number of hydrogen-bond donors (Lipinski definition) is 1. The molecule has 2 unspecified atom stereocenters. The molecule has 2 atom stereocenters. The molecule has 2 rings (SSSR count). The van der Waals surface area contributed by atoms with Gasteiger partial charge < -0.3 is 15.2 Å². The summed E-state index contributed by atoms with van der Waals surface area (Å²) in [5, 5.41) is 0. The second-order valence-electron chi connectivity index (χ2n) is 6.22. The molecule has 21 heavy (non-hydrogen) atoms. The Kier molecular flexibility index (Phi) is 5.62. The molecule has 1 aromatic rings. The molecule has 4 nitrogen and oxygen atoms in total. The van der Waals surface area contributed by atoms with Crippen LogP contribution in [0.15, 0.2) is 18.2 Å². The fraction of sp³-hybridized carbons (Fsp3) is 0.647. The van der Waals surface area contributed by atoms with Gasteiger partial charge >= 0.3 is 0 Å². The van der Waals surface area contributed by atoms with Crippen molar-refractivity contribution in [3.8, 4) is 5.75 Å². The van der Waals surface area contributed by atoms with Gasteiger partial charge in [-0.3, -0.25) is 4.90 Å². The number of hydrogen-bond acceptors (Lipinski definition) is 4. The third-order valence-electron chi connectivity index (χ3n) is 3.98. The SMILES string of the molecule is Cc1ccc(OCC2CN(C(C)C)CCO2)c(C(C)N)c1. The minimum atomic E-state index is -0.0284. The molecule has 0 bridgehead atoms. The van der Waals surface area contributed by atoms with Crippen molar-refractivity contribution in [3.63, 3.8) is 0 Å². The second-order valence-corrected chi connectivity index (χ2v) is 6.22. The zero-order chi connectivity index (χ0) is 15.4. The van der Waals surface area contributed by atoms with Gasteiger partial charge in [0.25, 0.3) is 0 Å². The molecule has 1 heterocycles. The maximum atomic E-state index is 6.03. The van der Waals surface area contributed by atoms with E-state index in [2.05, 4.69) is 37.8 Å². The first kappa shape index (κ1) is 16.3. The van der Waals surface area contributed by atoms with Crippen LogP contribution in [0.4, 0.5) is 0 Å². The van der Waals surface area contributed by atoms with Gasteiger partial charge in [-0.15, -0.1) is 0 Å². The number of aryl methyl sites for hydroxylation is 1. The standard InChI is InChI=1S/C17H28N2O2/c1-12(2)19-7-8-20-15(10-19)11-21-17-6-5-13(3)9-16(17)14(4)18/h5-6,9,12,14-15H,7-8,10-11,18H2,1-4H3. The summed E-state index contributed by atoms with van der Waals surface area (Å²) in [6, 6.07) is 6.69. The maximum absolute atomic E-state index is 6.03. The Bertz CT molecular complexity index is 460. The predicted molar refractivity (Wildman–Crippen MR) is 85.7 cm³/mol. The zero-order valence-electron chi connectivity index (χ0n) is 13.6. The van der Waals surface area contributed by atoms with Crippen LogP contribution in [-0.2, 0) is 4.74 Å². The molecular weight excluding hydrogens is 264 g/mol. The van der Waals surface area contributed by atoms with Gasteiger partial charge in [0.2, 0.25) is 0 Å². The predicted octanol–water partition coefficient (Wildman–Crippen LogP) is 2.50. The maximum Gasteiger partial charge on any atom is 0.124 e. The van der Waals surface area contributed by atoms with E-state index >= 15 is 0 Å². The number of morpholine rings is 1. The van der Waals surface area contributed by atoms with E-state index in [0.717, 1.165) is 31.0 Å². The lowest BCUT2D eigenvalue weighted by atomic mass is 10.1. The Morgan fingerprint density at radius 2 is 2.14 bits per heavy atom. The molecule has 0 aliphatic carbocycles. The van der Waals surface area contributed by atoms with E-state index in [4.69, 9.17) is 15.2 Å². The molecular formula is C17H28N2O2. The monoisotopic (exact) mass is 292 g/mol. The van der Waals surface area contributed by atoms with Gasteiger partial charge in [-0.1, -0.05) is 17.7 Å². The van der Waals surface area contributed by atoms with Crippen LogP contribution in [0.1, 0.15) is 37.9 Å². The fourth-order valence-corrected chi connectivity index (χ4v) is 2.65. The van der Waals surface area contributed by atoms with Crippen LogP contribution in [0, 0.1) is 6.92 Å². The lowest BCUT2D eigenvalue weighted by molar-refractivity contribution is -0.0565. The first-order valence-electron chi connectivity index (χ1n) is 7.82. The summed E-state index contributed by atoms with van der Waals surface area (Å²) in [6.07, 6.45) is 0.128. The largest absolute Gasteiger partial charge is 0.490 e. The van der Waals surface area contributed by atoms with E-state index in [0.29, 0.717) is 12.6 Å². The Balaban J connectivity index is 1.96. The summed E-state index contributed by atoms with van der Waals surface area (Å²) < 4.78 is 11.8. The van der Waals surface area contributed by atoms with Crippen molar-refractivity contribution in [1.29, 1.82) is 0 Å². The second kappa shape index (κ2) is 7.25. The van der Waals surface area contributed by atoms with Crippen LogP contribution < -0.4 is 10.5 Å². The number of rotatable bonds is 5. The third-order valence-corrected chi connectivity index (χ3v) is 3.98. The highest BCUT2D eigenvalue weighted by molar-refractivity contribution is 5.38. The van der Waals surface area contributed by atoms with E-state index in [9.17, 15) is 0 Å². The molecule has 0 aromatic heterocycles. The summed E-state index contributed by atoms with van der Waals surface area (Å²) in [7, 11) is 0. The molecule has 0 spiro atoms. The Labute approximate surface area is 128 Å². The topological polar surface area (TPSA) is 47.7 Å². The number of nitrogens with two attached hydrogens (primary N) is 1. The van der Waals surface area contributed by atoms with E-state index in [1.807, 2.05) is 13.0 Å². The third kappa shape index (κ3) is 4.43. The molecule has 4 heteroatoms. The lowest BCUT2D eigenvalue weighted by Crippen LogP contribution is -2.47. The highest BCUT2D eigenvalue weighted by Crippen LogP contribution is 2.25. The first-order chi connectivity index (χ1) is 9.97. The van der Waals surface area contributed by atoms with E-state index in [1.54, 1.807) is 0 Å². The van der Waals surface area contributed by atoms with Crippen LogP contribution in [0.25, 0.3) is 0 Å². The Morgan fingerprint density at radius 3 is 2.81 bits per heavy atom.